The topological polar surface area (TPSA) is 73.9 Å². The van der Waals surface area contributed by atoms with E-state index in [0.717, 1.165) is 0 Å². The minimum Gasteiger partial charge on any atom is -0.493 e. The monoisotopic (exact) mass is 359 g/mol. The summed E-state index contributed by atoms with van der Waals surface area (Å²) in [6, 6.07) is 9.24. The number of methoxy groups -OCH3 is 2. The van der Waals surface area contributed by atoms with Crippen molar-refractivity contribution >= 4 is 15.7 Å². The highest BCUT2D eigenvalue weighted by Gasteiger charge is 2.17. The number of hydrogen-bond acceptors (Lipinski definition) is 5. The number of ether oxygens (including phenoxy) is 3. The molecule has 0 spiro atoms. The van der Waals surface area contributed by atoms with Gasteiger partial charge in [0, 0.05) is 11.8 Å². The van der Waals surface area contributed by atoms with Crippen molar-refractivity contribution in [1.29, 1.82) is 0 Å². The second-order valence-corrected chi connectivity index (χ2v) is 6.21. The van der Waals surface area contributed by atoms with Crippen LogP contribution in [0.25, 0.3) is 0 Å². The standard InChI is InChI=1S/C15H15F2NO5S/c1-21-13-8-7-12(9-14(13)22-2)24(19,20)18-10-3-5-11(6-4-10)23-15(16)17/h3-9,15,18H,1-2H3. The number of hydrogen-bond donors (Lipinski definition) is 1. The molecule has 0 aliphatic carbocycles. The van der Waals surface area contributed by atoms with E-state index < -0.39 is 16.6 Å². The molecular weight excluding hydrogens is 344 g/mol. The third-order valence-electron chi connectivity index (χ3n) is 3.00. The minimum atomic E-state index is -3.88. The fourth-order valence-electron chi connectivity index (χ4n) is 1.90. The Bertz CT molecular complexity index is 794. The van der Waals surface area contributed by atoms with E-state index in [-0.39, 0.29) is 22.1 Å². The Morgan fingerprint density at radius 3 is 2.12 bits per heavy atom. The zero-order chi connectivity index (χ0) is 17.7. The molecule has 9 heteroatoms. The van der Waals surface area contributed by atoms with Crippen molar-refractivity contribution in [2.75, 3.05) is 18.9 Å². The Morgan fingerprint density at radius 2 is 1.58 bits per heavy atom. The Kier molecular flexibility index (Phi) is 5.45. The first-order chi connectivity index (χ1) is 11.4. The van der Waals surface area contributed by atoms with Crippen LogP contribution in [0.4, 0.5) is 14.5 Å². The van der Waals surface area contributed by atoms with Crippen molar-refractivity contribution in [3.8, 4) is 17.2 Å². The first-order valence-electron chi connectivity index (χ1n) is 6.65. The van der Waals surface area contributed by atoms with Crippen LogP contribution in [-0.2, 0) is 10.0 Å². The van der Waals surface area contributed by atoms with Crippen molar-refractivity contribution in [2.45, 2.75) is 11.5 Å². The third-order valence-corrected chi connectivity index (χ3v) is 4.38. The maximum absolute atomic E-state index is 12.4. The summed E-state index contributed by atoms with van der Waals surface area (Å²) >= 11 is 0. The van der Waals surface area contributed by atoms with E-state index in [1.165, 1.54) is 56.7 Å². The molecule has 0 fully saturated rings. The fraction of sp³-hybridized carbons (Fsp3) is 0.200. The van der Waals surface area contributed by atoms with Crippen LogP contribution in [0.1, 0.15) is 0 Å². The normalized spacial score (nSPS) is 11.2. The molecule has 2 aromatic rings. The molecule has 0 saturated heterocycles. The average molecular weight is 359 g/mol. The van der Waals surface area contributed by atoms with E-state index in [1.807, 2.05) is 0 Å². The van der Waals surface area contributed by atoms with Crippen LogP contribution >= 0.6 is 0 Å². The second-order valence-electron chi connectivity index (χ2n) is 4.53. The molecule has 0 aliphatic heterocycles. The van der Waals surface area contributed by atoms with E-state index in [2.05, 4.69) is 9.46 Å². The summed E-state index contributed by atoms with van der Waals surface area (Å²) in [5.74, 6) is 0.588. The average Bonchev–Trinajstić information content (AvgIpc) is 2.55. The molecule has 0 aromatic heterocycles. The molecule has 0 saturated carbocycles. The Morgan fingerprint density at radius 1 is 0.958 bits per heavy atom. The predicted molar refractivity (Wildman–Crippen MR) is 83.4 cm³/mol. The number of anilines is 1. The van der Waals surface area contributed by atoms with Crippen LogP contribution in [0.5, 0.6) is 17.2 Å². The summed E-state index contributed by atoms with van der Waals surface area (Å²) in [7, 11) is -1.05. The Balaban J connectivity index is 2.22. The molecule has 0 unspecified atom stereocenters. The largest absolute Gasteiger partial charge is 0.493 e. The van der Waals surface area contributed by atoms with Gasteiger partial charge in [-0.3, -0.25) is 4.72 Å². The number of rotatable bonds is 7. The van der Waals surface area contributed by atoms with Gasteiger partial charge >= 0.3 is 6.61 Å². The summed E-state index contributed by atoms with van der Waals surface area (Å²) in [5, 5.41) is 0. The lowest BCUT2D eigenvalue weighted by Gasteiger charge is -2.12. The van der Waals surface area contributed by atoms with Crippen LogP contribution in [0.15, 0.2) is 47.4 Å². The van der Waals surface area contributed by atoms with Crippen LogP contribution in [0.3, 0.4) is 0 Å². The number of benzene rings is 2. The van der Waals surface area contributed by atoms with Gasteiger partial charge in [0.15, 0.2) is 11.5 Å². The van der Waals surface area contributed by atoms with E-state index in [9.17, 15) is 17.2 Å². The lowest BCUT2D eigenvalue weighted by Crippen LogP contribution is -2.13. The summed E-state index contributed by atoms with van der Waals surface area (Å²) in [6.45, 7) is -2.95. The van der Waals surface area contributed by atoms with E-state index in [0.29, 0.717) is 5.75 Å². The first kappa shape index (κ1) is 17.8. The third kappa shape index (κ3) is 4.25. The second kappa shape index (κ2) is 7.35. The summed E-state index contributed by atoms with van der Waals surface area (Å²) < 4.78 is 65.6. The van der Waals surface area contributed by atoms with Gasteiger partial charge in [0.25, 0.3) is 10.0 Å². The highest BCUT2D eigenvalue weighted by atomic mass is 32.2. The van der Waals surface area contributed by atoms with Gasteiger partial charge in [-0.1, -0.05) is 0 Å². The van der Waals surface area contributed by atoms with Gasteiger partial charge in [0.05, 0.1) is 19.1 Å². The van der Waals surface area contributed by atoms with Gasteiger partial charge in [-0.25, -0.2) is 8.42 Å². The molecule has 24 heavy (non-hydrogen) atoms. The number of sulfonamides is 1. The van der Waals surface area contributed by atoms with Gasteiger partial charge in [-0.2, -0.15) is 8.78 Å². The van der Waals surface area contributed by atoms with Crippen molar-refractivity contribution < 1.29 is 31.4 Å². The Labute approximate surface area is 138 Å². The van der Waals surface area contributed by atoms with Gasteiger partial charge in [0.2, 0.25) is 0 Å². The van der Waals surface area contributed by atoms with Gasteiger partial charge < -0.3 is 14.2 Å². The van der Waals surface area contributed by atoms with E-state index >= 15 is 0 Å². The molecule has 0 amide bonds. The molecule has 6 nitrogen and oxygen atoms in total. The fourth-order valence-corrected chi connectivity index (χ4v) is 2.98. The molecule has 2 aromatic carbocycles. The predicted octanol–water partition coefficient (Wildman–Crippen LogP) is 3.11. The minimum absolute atomic E-state index is 0.0342. The molecule has 0 atom stereocenters. The highest BCUT2D eigenvalue weighted by molar-refractivity contribution is 7.92. The van der Waals surface area contributed by atoms with Gasteiger partial charge in [0.1, 0.15) is 5.75 Å². The smallest absolute Gasteiger partial charge is 0.387 e. The van der Waals surface area contributed by atoms with Crippen molar-refractivity contribution in [3.63, 3.8) is 0 Å². The van der Waals surface area contributed by atoms with Crippen LogP contribution in [0.2, 0.25) is 0 Å². The zero-order valence-electron chi connectivity index (χ0n) is 12.8. The molecule has 0 bridgehead atoms. The molecular formula is C15H15F2NO5S. The molecule has 2 rings (SSSR count). The lowest BCUT2D eigenvalue weighted by molar-refractivity contribution is -0.0498. The number of nitrogens with one attached hydrogen (secondary N) is 1. The number of alkyl halides is 2. The maximum atomic E-state index is 12.4. The van der Waals surface area contributed by atoms with Crippen LogP contribution < -0.4 is 18.9 Å². The van der Waals surface area contributed by atoms with Gasteiger partial charge in [-0.05, 0) is 36.4 Å². The van der Waals surface area contributed by atoms with Gasteiger partial charge in [-0.15, -0.1) is 0 Å². The lowest BCUT2D eigenvalue weighted by atomic mass is 10.3. The Hall–Kier alpha value is -2.55. The molecule has 0 heterocycles. The quantitative estimate of drug-likeness (QED) is 0.822. The van der Waals surface area contributed by atoms with E-state index in [1.54, 1.807) is 0 Å². The number of halogens is 2. The van der Waals surface area contributed by atoms with Crippen LogP contribution in [0, 0.1) is 0 Å². The van der Waals surface area contributed by atoms with Crippen molar-refractivity contribution in [1.82, 2.24) is 0 Å². The maximum Gasteiger partial charge on any atom is 0.387 e. The van der Waals surface area contributed by atoms with Crippen molar-refractivity contribution in [3.05, 3.63) is 42.5 Å². The molecule has 0 aliphatic rings. The molecule has 0 radical (unpaired) electrons. The first-order valence-corrected chi connectivity index (χ1v) is 8.14. The summed E-state index contributed by atoms with van der Waals surface area (Å²) in [4.78, 5) is -0.0342. The van der Waals surface area contributed by atoms with Crippen molar-refractivity contribution in [2.24, 2.45) is 0 Å². The highest BCUT2D eigenvalue weighted by Crippen LogP contribution is 2.30. The van der Waals surface area contributed by atoms with Crippen LogP contribution in [-0.4, -0.2) is 29.2 Å². The molecule has 1 N–H and O–H groups in total. The summed E-state index contributed by atoms with van der Waals surface area (Å²) in [6.07, 6.45) is 0. The zero-order valence-corrected chi connectivity index (χ0v) is 13.6. The molecule has 130 valence electrons. The SMILES string of the molecule is COc1ccc(S(=O)(=O)Nc2ccc(OC(F)F)cc2)cc1OC. The van der Waals surface area contributed by atoms with E-state index in [4.69, 9.17) is 9.47 Å². The summed E-state index contributed by atoms with van der Waals surface area (Å²) in [5.41, 5.74) is 0.200.